The van der Waals surface area contributed by atoms with Crippen LogP contribution in [0.2, 0.25) is 5.02 Å². The fourth-order valence-electron chi connectivity index (χ4n) is 6.09. The highest BCUT2D eigenvalue weighted by Crippen LogP contribution is 2.60. The fraction of sp³-hybridized carbons (Fsp3) is 0.346. The maximum Gasteiger partial charge on any atom is 0.238 e. The minimum absolute atomic E-state index is 0.00343. The van der Waals surface area contributed by atoms with Crippen molar-refractivity contribution in [1.82, 2.24) is 9.97 Å². The predicted molar refractivity (Wildman–Crippen MR) is 123 cm³/mol. The zero-order chi connectivity index (χ0) is 22.0. The molecule has 4 atom stereocenters. The lowest BCUT2D eigenvalue weighted by Crippen LogP contribution is -2.24. The van der Waals surface area contributed by atoms with Crippen LogP contribution in [-0.2, 0) is 11.2 Å². The van der Waals surface area contributed by atoms with E-state index in [1.807, 2.05) is 18.2 Å². The normalized spacial score (nSPS) is 26.2. The third-order valence-electron chi connectivity index (χ3n) is 7.47. The molecule has 3 aromatic rings. The van der Waals surface area contributed by atoms with Crippen LogP contribution >= 0.6 is 11.6 Å². The van der Waals surface area contributed by atoms with Crippen molar-refractivity contribution < 1.29 is 14.6 Å². The molecule has 6 rings (SSSR count). The Balaban J connectivity index is 1.37. The smallest absolute Gasteiger partial charge is 0.238 e. The van der Waals surface area contributed by atoms with Crippen LogP contribution in [0.1, 0.15) is 37.3 Å². The number of hydrogen-bond acceptors (Lipinski definition) is 5. The highest BCUT2D eigenvalue weighted by molar-refractivity contribution is 6.31. The van der Waals surface area contributed by atoms with E-state index in [4.69, 9.17) is 16.3 Å². The van der Waals surface area contributed by atoms with Gasteiger partial charge in [-0.2, -0.15) is 0 Å². The first-order chi connectivity index (χ1) is 15.5. The number of hydrogen-bond donors (Lipinski definition) is 1. The van der Waals surface area contributed by atoms with Crippen LogP contribution in [0.3, 0.4) is 0 Å². The van der Waals surface area contributed by atoms with E-state index < -0.39 is 0 Å². The van der Waals surface area contributed by atoms with Gasteiger partial charge in [0, 0.05) is 16.9 Å². The van der Waals surface area contributed by atoms with E-state index in [1.165, 1.54) is 0 Å². The van der Waals surface area contributed by atoms with Crippen molar-refractivity contribution in [3.05, 3.63) is 64.5 Å². The molecule has 0 radical (unpaired) electrons. The second kappa shape index (κ2) is 7.31. The Hall–Kier alpha value is -2.92. The SMILES string of the molecule is CCc1ccc(Oc2cnc3cc(Cl)ccc3n2)cc1C1=C(O)C2[C@H]3CC[C@H](C3)[C@H]2C1=O. The number of carbonyl (C=O) groups is 1. The van der Waals surface area contributed by atoms with Crippen LogP contribution < -0.4 is 4.74 Å². The van der Waals surface area contributed by atoms with Gasteiger partial charge >= 0.3 is 0 Å². The zero-order valence-corrected chi connectivity index (χ0v) is 18.5. The number of aliphatic hydroxyl groups is 1. The number of carbonyl (C=O) groups excluding carboxylic acids is 1. The van der Waals surface area contributed by atoms with Gasteiger partial charge in [-0.25, -0.2) is 9.97 Å². The van der Waals surface area contributed by atoms with E-state index in [0.717, 1.165) is 36.8 Å². The van der Waals surface area contributed by atoms with Gasteiger partial charge < -0.3 is 9.84 Å². The minimum Gasteiger partial charge on any atom is -0.511 e. The van der Waals surface area contributed by atoms with Crippen molar-refractivity contribution in [3.8, 4) is 11.6 Å². The van der Waals surface area contributed by atoms with Crippen LogP contribution in [-0.4, -0.2) is 20.9 Å². The summed E-state index contributed by atoms with van der Waals surface area (Å²) in [6.07, 6.45) is 5.62. The number of aromatic nitrogens is 2. The first-order valence-corrected chi connectivity index (χ1v) is 11.6. The molecule has 162 valence electrons. The van der Waals surface area contributed by atoms with Crippen molar-refractivity contribution in [3.63, 3.8) is 0 Å². The Kier molecular flexibility index (Phi) is 4.51. The summed E-state index contributed by atoms with van der Waals surface area (Å²) in [6, 6.07) is 11.0. The molecule has 1 N–H and O–H groups in total. The third kappa shape index (κ3) is 2.95. The van der Waals surface area contributed by atoms with E-state index in [2.05, 4.69) is 16.9 Å². The number of aliphatic hydroxyl groups excluding tert-OH is 1. The van der Waals surface area contributed by atoms with Gasteiger partial charge in [0.1, 0.15) is 11.5 Å². The van der Waals surface area contributed by atoms with E-state index in [1.54, 1.807) is 24.4 Å². The van der Waals surface area contributed by atoms with Crippen LogP contribution in [0.25, 0.3) is 16.6 Å². The number of ether oxygens (including phenoxy) is 1. The molecule has 3 aliphatic rings. The van der Waals surface area contributed by atoms with Crippen molar-refractivity contribution in [2.24, 2.45) is 23.7 Å². The summed E-state index contributed by atoms with van der Waals surface area (Å²) in [6.45, 7) is 2.06. The number of benzene rings is 2. The number of Topliss-reactive ketones (excluding diaryl/α,β-unsaturated/α-hetero) is 1. The molecule has 3 aliphatic carbocycles. The van der Waals surface area contributed by atoms with Gasteiger partial charge in [-0.3, -0.25) is 4.79 Å². The Morgan fingerprint density at radius 2 is 1.91 bits per heavy atom. The first kappa shape index (κ1) is 19.7. The van der Waals surface area contributed by atoms with Crippen LogP contribution in [0.4, 0.5) is 0 Å². The average molecular weight is 447 g/mol. The molecule has 2 saturated carbocycles. The van der Waals surface area contributed by atoms with Gasteiger partial charge in [0.2, 0.25) is 5.88 Å². The Morgan fingerprint density at radius 1 is 1.09 bits per heavy atom. The number of allylic oxidation sites excluding steroid dienone is 2. The Morgan fingerprint density at radius 3 is 2.69 bits per heavy atom. The molecule has 2 aromatic carbocycles. The quantitative estimate of drug-likeness (QED) is 0.520. The van der Waals surface area contributed by atoms with Crippen LogP contribution in [0.5, 0.6) is 11.6 Å². The molecular formula is C26H23ClN2O3. The molecule has 1 unspecified atom stereocenters. The summed E-state index contributed by atoms with van der Waals surface area (Å²) in [5.74, 6) is 2.14. The van der Waals surface area contributed by atoms with E-state index in [0.29, 0.717) is 50.9 Å². The van der Waals surface area contributed by atoms with E-state index >= 15 is 0 Å². The molecule has 2 fully saturated rings. The number of aryl methyl sites for hydroxylation is 1. The fourth-order valence-corrected chi connectivity index (χ4v) is 6.26. The van der Waals surface area contributed by atoms with Gasteiger partial charge in [0.25, 0.3) is 0 Å². The molecule has 6 heteroatoms. The zero-order valence-electron chi connectivity index (χ0n) is 17.7. The van der Waals surface area contributed by atoms with Gasteiger partial charge in [0.05, 0.1) is 22.8 Å². The van der Waals surface area contributed by atoms with Crippen molar-refractivity contribution in [2.75, 3.05) is 0 Å². The molecule has 0 spiro atoms. The first-order valence-electron chi connectivity index (χ1n) is 11.2. The molecule has 0 amide bonds. The van der Waals surface area contributed by atoms with Gasteiger partial charge in [-0.15, -0.1) is 0 Å². The monoisotopic (exact) mass is 446 g/mol. The van der Waals surface area contributed by atoms with Crippen molar-refractivity contribution >= 4 is 34.0 Å². The van der Waals surface area contributed by atoms with Gasteiger partial charge in [-0.1, -0.05) is 24.6 Å². The lowest BCUT2D eigenvalue weighted by atomic mass is 9.80. The largest absolute Gasteiger partial charge is 0.511 e. The molecule has 32 heavy (non-hydrogen) atoms. The highest BCUT2D eigenvalue weighted by Gasteiger charge is 2.57. The average Bonchev–Trinajstić information content (AvgIpc) is 3.47. The van der Waals surface area contributed by atoms with Gasteiger partial charge in [0.15, 0.2) is 5.78 Å². The summed E-state index contributed by atoms with van der Waals surface area (Å²) < 4.78 is 6.01. The number of rotatable bonds is 4. The van der Waals surface area contributed by atoms with Crippen LogP contribution in [0, 0.1) is 23.7 Å². The van der Waals surface area contributed by atoms with Crippen molar-refractivity contribution in [1.29, 1.82) is 0 Å². The molecule has 5 nitrogen and oxygen atoms in total. The summed E-state index contributed by atoms with van der Waals surface area (Å²) in [4.78, 5) is 22.3. The summed E-state index contributed by atoms with van der Waals surface area (Å²) >= 11 is 6.03. The van der Waals surface area contributed by atoms with E-state index in [9.17, 15) is 9.90 Å². The molecule has 2 bridgehead atoms. The number of fused-ring (bicyclic) bond motifs is 6. The van der Waals surface area contributed by atoms with Crippen molar-refractivity contribution in [2.45, 2.75) is 32.6 Å². The summed E-state index contributed by atoms with van der Waals surface area (Å²) in [5.41, 5.74) is 3.69. The minimum atomic E-state index is -0.0452. The van der Waals surface area contributed by atoms with Gasteiger partial charge in [-0.05, 0) is 79.0 Å². The number of ketones is 1. The second-order valence-electron chi connectivity index (χ2n) is 9.13. The summed E-state index contributed by atoms with van der Waals surface area (Å²) in [5, 5.41) is 11.7. The number of nitrogens with zero attached hydrogens (tertiary/aromatic N) is 2. The predicted octanol–water partition coefficient (Wildman–Crippen LogP) is 6.15. The number of halogens is 1. The summed E-state index contributed by atoms with van der Waals surface area (Å²) in [7, 11) is 0. The topological polar surface area (TPSA) is 72.3 Å². The Bertz CT molecular complexity index is 1300. The molecule has 1 heterocycles. The van der Waals surface area contributed by atoms with Crippen LogP contribution in [0.15, 0.2) is 48.4 Å². The van der Waals surface area contributed by atoms with E-state index in [-0.39, 0.29) is 17.6 Å². The lowest BCUT2D eigenvalue weighted by Gasteiger charge is -2.23. The molecular weight excluding hydrogens is 424 g/mol. The Labute approximate surface area is 191 Å². The third-order valence-corrected chi connectivity index (χ3v) is 7.71. The maximum absolute atomic E-state index is 13.4. The lowest BCUT2D eigenvalue weighted by molar-refractivity contribution is -0.118. The molecule has 0 aliphatic heterocycles. The molecule has 0 saturated heterocycles. The second-order valence-corrected chi connectivity index (χ2v) is 9.56. The maximum atomic E-state index is 13.4. The highest BCUT2D eigenvalue weighted by atomic mass is 35.5. The molecule has 1 aromatic heterocycles. The standard InChI is InChI=1S/C26H23ClN2O3/c1-2-13-5-7-17(32-21-12-28-20-10-16(27)6-8-19(20)29-21)11-18(13)24-25(30)22-14-3-4-15(9-14)23(22)26(24)31/h5-8,10-12,14-15,22-23,30H,2-4,9H2,1H3/t14-,15+,22?,23+/m0/s1.